The lowest BCUT2D eigenvalue weighted by Gasteiger charge is -2.16. The number of nitrogens with one attached hydrogen (secondary N) is 1. The molecule has 2 rings (SSSR count). The molecule has 0 radical (unpaired) electrons. The Morgan fingerprint density at radius 1 is 1.25 bits per heavy atom. The molecule has 2 nitrogen and oxygen atoms in total. The number of carbonyl (C=O) groups is 1. The number of benzene rings is 2. The van der Waals surface area contributed by atoms with Crippen LogP contribution in [0, 0.1) is 5.82 Å². The van der Waals surface area contributed by atoms with Crippen molar-refractivity contribution in [2.45, 2.75) is 25.8 Å². The van der Waals surface area contributed by atoms with Gasteiger partial charge in [-0.3, -0.25) is 4.79 Å². The summed E-state index contributed by atoms with van der Waals surface area (Å²) in [5, 5.41) is 4.04. The molecular formula is C16H17ClFNO. The van der Waals surface area contributed by atoms with Crippen molar-refractivity contribution in [3.63, 3.8) is 0 Å². The van der Waals surface area contributed by atoms with Gasteiger partial charge in [-0.15, -0.1) is 11.6 Å². The Morgan fingerprint density at radius 2 is 1.95 bits per heavy atom. The van der Waals surface area contributed by atoms with Gasteiger partial charge in [-0.2, -0.15) is 0 Å². The standard InChI is InChI=1S/C16H17ClFNO/c1-2-11(9-10-17)19-16(20)14-7-8-15(18)13-6-4-3-5-12(13)14/h3-8,11H,2,9-10H2,1H3,(H,19,20). The Balaban J connectivity index is 2.33. The molecule has 0 heterocycles. The molecule has 20 heavy (non-hydrogen) atoms. The predicted molar refractivity (Wildman–Crippen MR) is 80.8 cm³/mol. The molecule has 1 N–H and O–H groups in total. The van der Waals surface area contributed by atoms with Crippen molar-refractivity contribution in [3.05, 3.63) is 47.8 Å². The number of amides is 1. The Hall–Kier alpha value is -1.61. The quantitative estimate of drug-likeness (QED) is 0.826. The number of hydrogen-bond acceptors (Lipinski definition) is 1. The van der Waals surface area contributed by atoms with Crippen molar-refractivity contribution in [2.75, 3.05) is 5.88 Å². The molecule has 0 aliphatic carbocycles. The zero-order valence-corrected chi connectivity index (χ0v) is 12.1. The zero-order chi connectivity index (χ0) is 14.5. The van der Waals surface area contributed by atoms with Crippen molar-refractivity contribution >= 4 is 28.3 Å². The zero-order valence-electron chi connectivity index (χ0n) is 11.3. The number of rotatable bonds is 5. The van der Waals surface area contributed by atoms with E-state index in [0.717, 1.165) is 12.8 Å². The Bertz CT molecular complexity index is 614. The average molecular weight is 294 g/mol. The van der Waals surface area contributed by atoms with Gasteiger partial charge < -0.3 is 5.32 Å². The van der Waals surface area contributed by atoms with Gasteiger partial charge in [0.25, 0.3) is 5.91 Å². The first-order valence-corrected chi connectivity index (χ1v) is 7.25. The van der Waals surface area contributed by atoms with Gasteiger partial charge in [0.2, 0.25) is 0 Å². The van der Waals surface area contributed by atoms with Gasteiger partial charge in [0, 0.05) is 22.9 Å². The first kappa shape index (κ1) is 14.8. The van der Waals surface area contributed by atoms with Crippen LogP contribution >= 0.6 is 11.6 Å². The molecule has 106 valence electrons. The SMILES string of the molecule is CCC(CCCl)NC(=O)c1ccc(F)c2ccccc12. The number of halogens is 2. The third-order valence-corrected chi connectivity index (χ3v) is 3.62. The summed E-state index contributed by atoms with van der Waals surface area (Å²) in [5.74, 6) is 0.00581. The van der Waals surface area contributed by atoms with Crippen molar-refractivity contribution < 1.29 is 9.18 Å². The minimum atomic E-state index is -0.315. The third kappa shape index (κ3) is 3.10. The van der Waals surface area contributed by atoms with Crippen LogP contribution in [0.3, 0.4) is 0 Å². The highest BCUT2D eigenvalue weighted by Crippen LogP contribution is 2.22. The normalized spacial score (nSPS) is 12.3. The van der Waals surface area contributed by atoms with Crippen LogP contribution in [0.1, 0.15) is 30.1 Å². The number of fused-ring (bicyclic) bond motifs is 1. The monoisotopic (exact) mass is 293 g/mol. The molecule has 0 aromatic heterocycles. The lowest BCUT2D eigenvalue weighted by Crippen LogP contribution is -2.34. The van der Waals surface area contributed by atoms with E-state index in [0.29, 0.717) is 22.2 Å². The minimum Gasteiger partial charge on any atom is -0.349 e. The molecule has 1 unspecified atom stereocenters. The van der Waals surface area contributed by atoms with Crippen molar-refractivity contribution in [3.8, 4) is 0 Å². The van der Waals surface area contributed by atoms with E-state index in [1.54, 1.807) is 24.3 Å². The highest BCUT2D eigenvalue weighted by Gasteiger charge is 2.15. The van der Waals surface area contributed by atoms with Crippen molar-refractivity contribution in [2.24, 2.45) is 0 Å². The molecule has 0 spiro atoms. The number of alkyl halides is 1. The first-order valence-electron chi connectivity index (χ1n) is 6.71. The van der Waals surface area contributed by atoms with E-state index in [4.69, 9.17) is 11.6 Å². The van der Waals surface area contributed by atoms with Gasteiger partial charge in [-0.05, 0) is 30.4 Å². The van der Waals surface area contributed by atoms with Gasteiger partial charge in [0.1, 0.15) is 5.82 Å². The van der Waals surface area contributed by atoms with Crippen LogP contribution in [-0.2, 0) is 0 Å². The van der Waals surface area contributed by atoms with Crippen LogP contribution < -0.4 is 5.32 Å². The average Bonchev–Trinajstić information content (AvgIpc) is 2.47. The summed E-state index contributed by atoms with van der Waals surface area (Å²) in [7, 11) is 0. The smallest absolute Gasteiger partial charge is 0.252 e. The second kappa shape index (κ2) is 6.71. The molecule has 0 aliphatic rings. The van der Waals surface area contributed by atoms with Crippen molar-refractivity contribution in [1.29, 1.82) is 0 Å². The molecule has 2 aromatic rings. The number of hydrogen-bond donors (Lipinski definition) is 1. The maximum absolute atomic E-state index is 13.7. The fraction of sp³-hybridized carbons (Fsp3) is 0.312. The Kier molecular flexibility index (Phi) is 4.96. The Labute approximate surface area is 122 Å². The molecule has 0 saturated heterocycles. The third-order valence-electron chi connectivity index (χ3n) is 3.40. The number of carbonyl (C=O) groups excluding carboxylic acids is 1. The molecule has 2 aromatic carbocycles. The van der Waals surface area contributed by atoms with E-state index in [9.17, 15) is 9.18 Å². The summed E-state index contributed by atoms with van der Waals surface area (Å²) < 4.78 is 13.7. The molecule has 1 atom stereocenters. The first-order chi connectivity index (χ1) is 9.67. The lowest BCUT2D eigenvalue weighted by molar-refractivity contribution is 0.0937. The van der Waals surface area contributed by atoms with E-state index in [-0.39, 0.29) is 17.8 Å². The van der Waals surface area contributed by atoms with Crippen LogP contribution in [0.2, 0.25) is 0 Å². The van der Waals surface area contributed by atoms with Crippen LogP contribution in [0.15, 0.2) is 36.4 Å². The lowest BCUT2D eigenvalue weighted by atomic mass is 10.0. The van der Waals surface area contributed by atoms with Crippen LogP contribution in [-0.4, -0.2) is 17.8 Å². The molecule has 1 amide bonds. The van der Waals surface area contributed by atoms with Crippen molar-refractivity contribution in [1.82, 2.24) is 5.32 Å². The maximum Gasteiger partial charge on any atom is 0.252 e. The van der Waals surface area contributed by atoms with Crippen LogP contribution in [0.4, 0.5) is 4.39 Å². The summed E-state index contributed by atoms with van der Waals surface area (Å²) in [6.07, 6.45) is 1.54. The Morgan fingerprint density at radius 3 is 2.60 bits per heavy atom. The van der Waals surface area contributed by atoms with E-state index >= 15 is 0 Å². The highest BCUT2D eigenvalue weighted by atomic mass is 35.5. The van der Waals surface area contributed by atoms with E-state index < -0.39 is 0 Å². The van der Waals surface area contributed by atoms with Gasteiger partial charge in [-0.1, -0.05) is 31.2 Å². The molecule has 4 heteroatoms. The largest absolute Gasteiger partial charge is 0.349 e. The molecular weight excluding hydrogens is 277 g/mol. The molecule has 0 aliphatic heterocycles. The summed E-state index contributed by atoms with van der Waals surface area (Å²) in [4.78, 5) is 12.3. The topological polar surface area (TPSA) is 29.1 Å². The van der Waals surface area contributed by atoms with E-state index in [2.05, 4.69) is 5.32 Å². The predicted octanol–water partition coefficient (Wildman–Crippen LogP) is 4.12. The van der Waals surface area contributed by atoms with E-state index in [1.165, 1.54) is 12.1 Å². The van der Waals surface area contributed by atoms with Crippen LogP contribution in [0.5, 0.6) is 0 Å². The van der Waals surface area contributed by atoms with Gasteiger partial charge in [-0.25, -0.2) is 4.39 Å². The molecule has 0 saturated carbocycles. The summed E-state index contributed by atoms with van der Waals surface area (Å²) >= 11 is 5.72. The van der Waals surface area contributed by atoms with Crippen LogP contribution in [0.25, 0.3) is 10.8 Å². The fourth-order valence-electron chi connectivity index (χ4n) is 2.23. The molecule has 0 fully saturated rings. The van der Waals surface area contributed by atoms with E-state index in [1.807, 2.05) is 6.92 Å². The minimum absolute atomic E-state index is 0.0452. The summed E-state index contributed by atoms with van der Waals surface area (Å²) in [6.45, 7) is 2.00. The summed E-state index contributed by atoms with van der Waals surface area (Å²) in [5.41, 5.74) is 0.495. The van der Waals surface area contributed by atoms with Gasteiger partial charge in [0.05, 0.1) is 0 Å². The maximum atomic E-state index is 13.7. The van der Waals surface area contributed by atoms with Gasteiger partial charge >= 0.3 is 0 Å². The second-order valence-electron chi connectivity index (χ2n) is 4.70. The summed E-state index contributed by atoms with van der Waals surface area (Å²) in [6, 6.07) is 9.90. The van der Waals surface area contributed by atoms with Gasteiger partial charge in [0.15, 0.2) is 0 Å². The highest BCUT2D eigenvalue weighted by molar-refractivity contribution is 6.17. The molecule has 0 bridgehead atoms. The fourth-order valence-corrected chi connectivity index (χ4v) is 2.50. The second-order valence-corrected chi connectivity index (χ2v) is 5.07.